The highest BCUT2D eigenvalue weighted by Gasteiger charge is 2.40. The van der Waals surface area contributed by atoms with Crippen LogP contribution in [-0.4, -0.2) is 56.1 Å². The molecular weight excluding hydrogens is 340 g/mol. The summed E-state index contributed by atoms with van der Waals surface area (Å²) in [5.41, 5.74) is 0.479. The van der Waals surface area contributed by atoms with Gasteiger partial charge in [0.05, 0.1) is 0 Å². The van der Waals surface area contributed by atoms with Crippen LogP contribution in [0.15, 0.2) is 35.0 Å². The van der Waals surface area contributed by atoms with Crippen molar-refractivity contribution in [3.05, 3.63) is 46.1 Å². The number of piperazine rings is 1. The maximum Gasteiger partial charge on any atom is 0.211 e. The summed E-state index contributed by atoms with van der Waals surface area (Å²) in [5.74, 6) is -0.872. The molecule has 1 unspecified atom stereocenters. The van der Waals surface area contributed by atoms with Crippen LogP contribution >= 0.6 is 11.6 Å². The van der Waals surface area contributed by atoms with Crippen molar-refractivity contribution in [2.75, 3.05) is 25.9 Å². The smallest absolute Gasteiger partial charge is 0.211 e. The van der Waals surface area contributed by atoms with Crippen molar-refractivity contribution in [2.45, 2.75) is 5.37 Å². The predicted molar refractivity (Wildman–Crippen MR) is 86.2 cm³/mol. The summed E-state index contributed by atoms with van der Waals surface area (Å²) in [6.07, 6.45) is 1.11. The van der Waals surface area contributed by atoms with Crippen LogP contribution in [0.4, 0.5) is 0 Å². The van der Waals surface area contributed by atoms with Crippen molar-refractivity contribution in [1.82, 2.24) is 10.2 Å². The van der Waals surface area contributed by atoms with Gasteiger partial charge >= 0.3 is 0 Å². The van der Waals surface area contributed by atoms with Gasteiger partial charge in [0.1, 0.15) is 16.1 Å². The van der Waals surface area contributed by atoms with Gasteiger partial charge in [0.2, 0.25) is 11.6 Å². The number of ketones is 2. The van der Waals surface area contributed by atoms with Crippen LogP contribution in [-0.2, 0) is 9.84 Å². The zero-order valence-electron chi connectivity index (χ0n) is 12.4. The molecule has 0 radical (unpaired) electrons. The molecule has 0 bridgehead atoms. The average molecular weight is 355 g/mol. The maximum absolute atomic E-state index is 12.8. The number of benzene rings is 1. The molecule has 3 rings (SSSR count). The highest BCUT2D eigenvalue weighted by Crippen LogP contribution is 2.32. The Bertz CT molecular complexity index is 832. The Morgan fingerprint density at radius 2 is 1.78 bits per heavy atom. The summed E-state index contributed by atoms with van der Waals surface area (Å²) in [6, 6.07) is 6.41. The summed E-state index contributed by atoms with van der Waals surface area (Å²) < 4.78 is 24.1. The Labute approximate surface area is 139 Å². The second kappa shape index (κ2) is 5.74. The third-order valence-electron chi connectivity index (χ3n) is 4.02. The maximum atomic E-state index is 12.8. The number of nitrogens with zero attached hydrogens (tertiary/aromatic N) is 1. The first-order valence-electron chi connectivity index (χ1n) is 7.07. The highest BCUT2D eigenvalue weighted by molar-refractivity contribution is 7.91. The number of nitrogens with one attached hydrogen (secondary N) is 1. The minimum absolute atomic E-state index is 0.0210. The number of sulfone groups is 1. The van der Waals surface area contributed by atoms with Gasteiger partial charge in [-0.25, -0.2) is 8.42 Å². The first-order chi connectivity index (χ1) is 10.8. The topological polar surface area (TPSA) is 83.6 Å². The molecule has 1 aromatic rings. The largest absolute Gasteiger partial charge is 0.348 e. The Morgan fingerprint density at radius 1 is 1.17 bits per heavy atom. The fourth-order valence-corrected chi connectivity index (χ4v) is 4.30. The Morgan fingerprint density at radius 3 is 2.39 bits per heavy atom. The van der Waals surface area contributed by atoms with Crippen molar-refractivity contribution >= 4 is 33.0 Å². The number of hydrogen-bond donors (Lipinski definition) is 1. The Kier molecular flexibility index (Phi) is 4.03. The first kappa shape index (κ1) is 16.2. The van der Waals surface area contributed by atoms with Gasteiger partial charge in [-0.05, 0) is 0 Å². The van der Waals surface area contributed by atoms with Crippen LogP contribution in [0.5, 0.6) is 0 Å². The number of carbonyl (C=O) groups excluding carboxylic acids is 2. The summed E-state index contributed by atoms with van der Waals surface area (Å²) in [4.78, 5) is 26.7. The molecule has 8 heteroatoms. The SMILES string of the molecule is CS(=O)(=O)C1CNCCN1C1=C(Cl)C(=O)c2ccccc2C1=O. The lowest BCUT2D eigenvalue weighted by molar-refractivity contribution is 0.0936. The number of allylic oxidation sites excluding steroid dienone is 2. The van der Waals surface area contributed by atoms with Crippen LogP contribution in [0.2, 0.25) is 0 Å². The number of hydrogen-bond acceptors (Lipinski definition) is 6. The Hall–Kier alpha value is -1.70. The van der Waals surface area contributed by atoms with E-state index in [1.165, 1.54) is 4.90 Å². The van der Waals surface area contributed by atoms with Crippen LogP contribution in [0, 0.1) is 0 Å². The van der Waals surface area contributed by atoms with E-state index < -0.39 is 26.8 Å². The normalized spacial score (nSPS) is 22.3. The van der Waals surface area contributed by atoms with Gasteiger partial charge in [0.15, 0.2) is 9.84 Å². The summed E-state index contributed by atoms with van der Waals surface area (Å²) in [5, 5.41) is 1.84. The molecule has 122 valence electrons. The van der Waals surface area contributed by atoms with E-state index in [0.29, 0.717) is 6.54 Å². The van der Waals surface area contributed by atoms with E-state index in [4.69, 9.17) is 11.6 Å². The van der Waals surface area contributed by atoms with Crippen LogP contribution < -0.4 is 5.32 Å². The van der Waals surface area contributed by atoms with Crippen molar-refractivity contribution < 1.29 is 18.0 Å². The molecule has 6 nitrogen and oxygen atoms in total. The monoisotopic (exact) mass is 354 g/mol. The van der Waals surface area contributed by atoms with Gasteiger partial charge in [0, 0.05) is 37.0 Å². The van der Waals surface area contributed by atoms with Gasteiger partial charge in [-0.1, -0.05) is 35.9 Å². The van der Waals surface area contributed by atoms with Gasteiger partial charge in [-0.3, -0.25) is 9.59 Å². The molecule has 1 aliphatic carbocycles. The van der Waals surface area contributed by atoms with Crippen molar-refractivity contribution in [1.29, 1.82) is 0 Å². The molecule has 1 aliphatic heterocycles. The summed E-state index contributed by atoms with van der Waals surface area (Å²) in [6.45, 7) is 0.961. The number of fused-ring (bicyclic) bond motifs is 1. The van der Waals surface area contributed by atoms with Crippen LogP contribution in [0.25, 0.3) is 0 Å². The summed E-state index contributed by atoms with van der Waals surface area (Å²) >= 11 is 6.16. The van der Waals surface area contributed by atoms with Crippen LogP contribution in [0.1, 0.15) is 20.7 Å². The average Bonchev–Trinajstić information content (AvgIpc) is 2.52. The van der Waals surface area contributed by atoms with Crippen molar-refractivity contribution in [3.63, 3.8) is 0 Å². The predicted octanol–water partition coefficient (Wildman–Crippen LogP) is 0.792. The van der Waals surface area contributed by atoms with Gasteiger partial charge in [-0.15, -0.1) is 0 Å². The second-order valence-electron chi connectivity index (χ2n) is 5.55. The third-order valence-corrected chi connectivity index (χ3v) is 5.78. The molecule has 1 heterocycles. The quantitative estimate of drug-likeness (QED) is 0.845. The second-order valence-corrected chi connectivity index (χ2v) is 8.13. The molecule has 0 aromatic heterocycles. The lowest BCUT2D eigenvalue weighted by atomic mass is 9.91. The minimum atomic E-state index is -3.46. The van der Waals surface area contributed by atoms with E-state index in [1.54, 1.807) is 24.3 Å². The van der Waals surface area contributed by atoms with Gasteiger partial charge < -0.3 is 10.2 Å². The number of halogens is 1. The molecule has 1 atom stereocenters. The lowest BCUT2D eigenvalue weighted by Crippen LogP contribution is -2.55. The molecule has 2 aliphatic rings. The minimum Gasteiger partial charge on any atom is -0.348 e. The van der Waals surface area contributed by atoms with E-state index in [0.717, 1.165) is 6.26 Å². The number of rotatable bonds is 2. The lowest BCUT2D eigenvalue weighted by Gasteiger charge is -2.38. The molecule has 1 aromatic carbocycles. The Balaban J connectivity index is 2.13. The molecule has 0 spiro atoms. The molecular formula is C15H15ClN2O4S. The van der Waals surface area contributed by atoms with E-state index in [2.05, 4.69) is 5.32 Å². The van der Waals surface area contributed by atoms with Gasteiger partial charge in [0.25, 0.3) is 0 Å². The van der Waals surface area contributed by atoms with E-state index in [9.17, 15) is 18.0 Å². The van der Waals surface area contributed by atoms with Gasteiger partial charge in [-0.2, -0.15) is 0 Å². The summed E-state index contributed by atoms with van der Waals surface area (Å²) in [7, 11) is -3.46. The fourth-order valence-electron chi connectivity index (χ4n) is 2.91. The van der Waals surface area contributed by atoms with Crippen molar-refractivity contribution in [2.24, 2.45) is 0 Å². The number of carbonyl (C=O) groups is 2. The fraction of sp³-hybridized carbons (Fsp3) is 0.333. The van der Waals surface area contributed by atoms with E-state index >= 15 is 0 Å². The van der Waals surface area contributed by atoms with E-state index in [-0.39, 0.29) is 34.9 Å². The zero-order chi connectivity index (χ0) is 16.8. The molecule has 1 N–H and O–H groups in total. The standard InChI is InChI=1S/C15H15ClN2O4S/c1-23(21,22)11-8-17-6-7-18(11)13-12(16)14(19)9-4-2-3-5-10(9)15(13)20/h2-5,11,17H,6-8H2,1H3. The molecule has 1 saturated heterocycles. The molecule has 1 fully saturated rings. The molecule has 0 amide bonds. The highest BCUT2D eigenvalue weighted by atomic mass is 35.5. The molecule has 23 heavy (non-hydrogen) atoms. The van der Waals surface area contributed by atoms with E-state index in [1.807, 2.05) is 0 Å². The molecule has 0 saturated carbocycles. The number of Topliss-reactive ketones (excluding diaryl/α,β-unsaturated/α-hetero) is 2. The van der Waals surface area contributed by atoms with Crippen molar-refractivity contribution in [3.8, 4) is 0 Å². The zero-order valence-corrected chi connectivity index (χ0v) is 13.9. The first-order valence-corrected chi connectivity index (χ1v) is 9.40. The third kappa shape index (κ3) is 2.69. The van der Waals surface area contributed by atoms with Crippen LogP contribution in [0.3, 0.4) is 0 Å².